The van der Waals surface area contributed by atoms with Crippen molar-refractivity contribution in [2.75, 3.05) is 26.2 Å². The first-order valence-electron chi connectivity index (χ1n) is 7.86. The summed E-state index contributed by atoms with van der Waals surface area (Å²) in [6.45, 7) is 2.14. The van der Waals surface area contributed by atoms with Gasteiger partial charge in [-0.25, -0.2) is 0 Å². The lowest BCUT2D eigenvalue weighted by Gasteiger charge is -2.19. The van der Waals surface area contributed by atoms with E-state index in [0.717, 1.165) is 12.8 Å². The van der Waals surface area contributed by atoms with E-state index in [1.165, 1.54) is 5.56 Å². The third-order valence-electron chi connectivity index (χ3n) is 4.85. The van der Waals surface area contributed by atoms with Crippen LogP contribution in [-0.2, 0) is 15.0 Å². The number of amides is 1. The van der Waals surface area contributed by atoms with Gasteiger partial charge in [0.25, 0.3) is 0 Å². The highest BCUT2D eigenvalue weighted by atomic mass is 35.5. The van der Waals surface area contributed by atoms with Crippen LogP contribution in [0.3, 0.4) is 0 Å². The third kappa shape index (κ3) is 4.24. The van der Waals surface area contributed by atoms with Gasteiger partial charge >= 0.3 is 5.97 Å². The first-order valence-corrected chi connectivity index (χ1v) is 7.86. The number of nitrogens with one attached hydrogen (secondary N) is 1. The minimum Gasteiger partial charge on any atom is -0.481 e. The molecule has 1 aromatic rings. The molecule has 1 amide bonds. The number of hydrogen-bond donors (Lipinski definition) is 2. The molecule has 0 spiro atoms. The number of halogens is 1. The van der Waals surface area contributed by atoms with Crippen LogP contribution in [0.1, 0.15) is 24.8 Å². The van der Waals surface area contributed by atoms with Crippen molar-refractivity contribution in [2.24, 2.45) is 5.92 Å². The standard InChI is InChI=1S/C17H22N2O3.ClH/c20-15(11-19-9-6-13(10-19)16(21)22)18-12-17(7-8-17)14-4-2-1-3-5-14;/h1-5,13H,6-12H2,(H,18,20)(H,21,22);1H. The molecule has 1 aromatic carbocycles. The average Bonchev–Trinajstić information content (AvgIpc) is 3.18. The summed E-state index contributed by atoms with van der Waals surface area (Å²) in [5.41, 5.74) is 1.41. The average molecular weight is 339 g/mol. The highest BCUT2D eigenvalue weighted by Crippen LogP contribution is 2.47. The number of aliphatic carboxylic acids is 1. The molecule has 0 bridgehead atoms. The molecule has 2 N–H and O–H groups in total. The molecule has 2 fully saturated rings. The fourth-order valence-electron chi connectivity index (χ4n) is 3.21. The minimum absolute atomic E-state index is 0. The minimum atomic E-state index is -0.760. The fourth-order valence-corrected chi connectivity index (χ4v) is 3.21. The molecule has 0 aromatic heterocycles. The Hall–Kier alpha value is -1.59. The number of likely N-dealkylation sites (tertiary alicyclic amines) is 1. The van der Waals surface area contributed by atoms with Crippen molar-refractivity contribution >= 4 is 24.3 Å². The molecule has 1 atom stereocenters. The zero-order valence-electron chi connectivity index (χ0n) is 13.0. The Bertz CT molecular complexity index is 560. The predicted octanol–water partition coefficient (Wildman–Crippen LogP) is 1.66. The third-order valence-corrected chi connectivity index (χ3v) is 4.85. The van der Waals surface area contributed by atoms with E-state index in [9.17, 15) is 9.59 Å². The monoisotopic (exact) mass is 338 g/mol. The maximum absolute atomic E-state index is 12.1. The quantitative estimate of drug-likeness (QED) is 0.827. The van der Waals surface area contributed by atoms with Crippen LogP contribution >= 0.6 is 12.4 Å². The molecule has 23 heavy (non-hydrogen) atoms. The summed E-state index contributed by atoms with van der Waals surface area (Å²) < 4.78 is 0. The lowest BCUT2D eigenvalue weighted by Crippen LogP contribution is -2.39. The largest absolute Gasteiger partial charge is 0.481 e. The lowest BCUT2D eigenvalue weighted by molar-refractivity contribution is -0.141. The maximum atomic E-state index is 12.1. The van der Waals surface area contributed by atoms with Gasteiger partial charge in [-0.15, -0.1) is 12.4 Å². The molecule has 0 radical (unpaired) electrons. The molecule has 6 heteroatoms. The lowest BCUT2D eigenvalue weighted by atomic mass is 9.96. The number of carbonyl (C=O) groups is 2. The normalized spacial score (nSPS) is 22.2. The second kappa shape index (κ2) is 7.32. The van der Waals surface area contributed by atoms with Crippen LogP contribution in [0.5, 0.6) is 0 Å². The Morgan fingerprint density at radius 3 is 2.52 bits per heavy atom. The highest BCUT2D eigenvalue weighted by molar-refractivity contribution is 5.85. The summed E-state index contributed by atoms with van der Waals surface area (Å²) in [5.74, 6) is -1.09. The van der Waals surface area contributed by atoms with E-state index in [-0.39, 0.29) is 29.6 Å². The first-order chi connectivity index (χ1) is 10.6. The van der Waals surface area contributed by atoms with Gasteiger partial charge in [-0.2, -0.15) is 0 Å². The summed E-state index contributed by atoms with van der Waals surface area (Å²) >= 11 is 0. The van der Waals surface area contributed by atoms with Crippen molar-refractivity contribution in [1.82, 2.24) is 10.2 Å². The number of rotatable bonds is 6. The molecule has 126 valence electrons. The van der Waals surface area contributed by atoms with Gasteiger partial charge in [0.05, 0.1) is 12.5 Å². The topological polar surface area (TPSA) is 69.6 Å². The van der Waals surface area contributed by atoms with Crippen LogP contribution in [0.2, 0.25) is 0 Å². The van der Waals surface area contributed by atoms with E-state index in [1.54, 1.807) is 0 Å². The molecule has 1 saturated carbocycles. The Morgan fingerprint density at radius 1 is 1.26 bits per heavy atom. The fraction of sp³-hybridized carbons (Fsp3) is 0.529. The van der Waals surface area contributed by atoms with E-state index in [1.807, 2.05) is 23.1 Å². The van der Waals surface area contributed by atoms with Crippen LogP contribution in [0, 0.1) is 5.92 Å². The molecule has 1 heterocycles. The van der Waals surface area contributed by atoms with Crippen molar-refractivity contribution in [2.45, 2.75) is 24.7 Å². The second-order valence-corrected chi connectivity index (χ2v) is 6.48. The number of hydrogen-bond acceptors (Lipinski definition) is 3. The Kier molecular flexibility index (Phi) is 5.65. The molecule has 1 aliphatic carbocycles. The molecule has 5 nitrogen and oxygen atoms in total. The van der Waals surface area contributed by atoms with Crippen LogP contribution in [0.25, 0.3) is 0 Å². The van der Waals surface area contributed by atoms with Crippen molar-refractivity contribution in [3.8, 4) is 0 Å². The first kappa shape index (κ1) is 17.8. The predicted molar refractivity (Wildman–Crippen MR) is 89.8 cm³/mol. The van der Waals surface area contributed by atoms with Crippen molar-refractivity contribution in [3.05, 3.63) is 35.9 Å². The van der Waals surface area contributed by atoms with E-state index >= 15 is 0 Å². The molecular formula is C17H23ClN2O3. The van der Waals surface area contributed by atoms with Gasteiger partial charge in [0.1, 0.15) is 0 Å². The number of carboxylic acid groups (broad SMARTS) is 1. The van der Waals surface area contributed by atoms with Gasteiger partial charge in [0.15, 0.2) is 0 Å². The summed E-state index contributed by atoms with van der Waals surface area (Å²) in [6.07, 6.45) is 2.86. The summed E-state index contributed by atoms with van der Waals surface area (Å²) in [5, 5.41) is 12.0. The van der Waals surface area contributed by atoms with Gasteiger partial charge in [-0.1, -0.05) is 30.3 Å². The second-order valence-electron chi connectivity index (χ2n) is 6.48. The van der Waals surface area contributed by atoms with E-state index in [2.05, 4.69) is 17.4 Å². The van der Waals surface area contributed by atoms with Crippen molar-refractivity contribution in [3.63, 3.8) is 0 Å². The molecule has 3 rings (SSSR count). The molecule has 1 saturated heterocycles. The maximum Gasteiger partial charge on any atom is 0.307 e. The molecule has 1 unspecified atom stereocenters. The zero-order chi connectivity index (χ0) is 15.6. The number of nitrogens with zero attached hydrogens (tertiary/aromatic N) is 1. The smallest absolute Gasteiger partial charge is 0.307 e. The van der Waals surface area contributed by atoms with Crippen molar-refractivity contribution < 1.29 is 14.7 Å². The molecule has 2 aliphatic rings. The van der Waals surface area contributed by atoms with Gasteiger partial charge < -0.3 is 10.4 Å². The van der Waals surface area contributed by atoms with Crippen LogP contribution < -0.4 is 5.32 Å². The summed E-state index contributed by atoms with van der Waals surface area (Å²) in [6, 6.07) is 10.3. The van der Waals surface area contributed by atoms with E-state index in [0.29, 0.717) is 32.6 Å². The van der Waals surface area contributed by atoms with E-state index in [4.69, 9.17) is 5.11 Å². The number of carboxylic acids is 1. The van der Waals surface area contributed by atoms with Crippen molar-refractivity contribution in [1.29, 1.82) is 0 Å². The Morgan fingerprint density at radius 2 is 1.96 bits per heavy atom. The van der Waals surface area contributed by atoms with Gasteiger partial charge in [-0.05, 0) is 31.4 Å². The summed E-state index contributed by atoms with van der Waals surface area (Å²) in [7, 11) is 0. The highest BCUT2D eigenvalue weighted by Gasteiger charge is 2.44. The number of benzene rings is 1. The molecule has 1 aliphatic heterocycles. The Balaban J connectivity index is 0.00000192. The number of carbonyl (C=O) groups excluding carboxylic acids is 1. The van der Waals surface area contributed by atoms with Crippen LogP contribution in [0.15, 0.2) is 30.3 Å². The van der Waals surface area contributed by atoms with Crippen LogP contribution in [-0.4, -0.2) is 48.1 Å². The Labute approximate surface area is 142 Å². The van der Waals surface area contributed by atoms with Gasteiger partial charge in [0, 0.05) is 18.5 Å². The SMILES string of the molecule is Cl.O=C(CN1CCC(C(=O)O)C1)NCC1(c2ccccc2)CC1. The van der Waals surface area contributed by atoms with Gasteiger partial charge in [-0.3, -0.25) is 14.5 Å². The zero-order valence-corrected chi connectivity index (χ0v) is 13.8. The van der Waals surface area contributed by atoms with E-state index < -0.39 is 5.97 Å². The van der Waals surface area contributed by atoms with Gasteiger partial charge in [0.2, 0.25) is 5.91 Å². The summed E-state index contributed by atoms with van der Waals surface area (Å²) in [4.78, 5) is 24.9. The molecular weight excluding hydrogens is 316 g/mol. The van der Waals surface area contributed by atoms with Crippen LogP contribution in [0.4, 0.5) is 0 Å².